The highest BCUT2D eigenvalue weighted by Gasteiger charge is 2.13. The summed E-state index contributed by atoms with van der Waals surface area (Å²) in [4.78, 5) is 4.56. The van der Waals surface area contributed by atoms with Crippen molar-refractivity contribution >= 4 is 10.0 Å². The van der Waals surface area contributed by atoms with Crippen LogP contribution >= 0.6 is 0 Å². The molecule has 2 N–H and O–H groups in total. The second-order valence-corrected chi connectivity index (χ2v) is 5.60. The highest BCUT2D eigenvalue weighted by Crippen LogP contribution is 2.00. The third-order valence-electron chi connectivity index (χ3n) is 2.50. The zero-order valence-electron chi connectivity index (χ0n) is 8.65. The summed E-state index contributed by atoms with van der Waals surface area (Å²) in [5.41, 5.74) is 0. The van der Waals surface area contributed by atoms with Gasteiger partial charge in [0, 0.05) is 26.2 Å². The van der Waals surface area contributed by atoms with E-state index < -0.39 is 10.0 Å². The molecule has 1 aliphatic rings. The Kier molecular flexibility index (Phi) is 4.31. The molecule has 5 nitrogen and oxygen atoms in total. The maximum absolute atomic E-state index is 10.7. The fourth-order valence-corrected chi connectivity index (χ4v) is 2.09. The first-order valence-electron chi connectivity index (χ1n) is 4.89. The Balaban J connectivity index is 2.14. The minimum absolute atomic E-state index is 0.0966. The van der Waals surface area contributed by atoms with E-state index in [-0.39, 0.29) is 5.75 Å². The van der Waals surface area contributed by atoms with Crippen LogP contribution in [0.15, 0.2) is 0 Å². The normalized spacial score (nSPS) is 21.3. The van der Waals surface area contributed by atoms with Crippen LogP contribution in [0.25, 0.3) is 0 Å². The van der Waals surface area contributed by atoms with Crippen molar-refractivity contribution in [1.82, 2.24) is 9.80 Å². The third kappa shape index (κ3) is 4.90. The van der Waals surface area contributed by atoms with E-state index in [4.69, 9.17) is 5.14 Å². The molecule has 1 aliphatic heterocycles. The van der Waals surface area contributed by atoms with Crippen molar-refractivity contribution in [2.45, 2.75) is 6.42 Å². The quantitative estimate of drug-likeness (QED) is 0.655. The van der Waals surface area contributed by atoms with Gasteiger partial charge < -0.3 is 9.80 Å². The molecule has 0 saturated carbocycles. The SMILES string of the molecule is CN1CCN(CCCS(N)(=O)=O)CC1. The van der Waals surface area contributed by atoms with Gasteiger partial charge in [-0.1, -0.05) is 0 Å². The molecule has 0 unspecified atom stereocenters. The van der Waals surface area contributed by atoms with Crippen molar-refractivity contribution < 1.29 is 8.42 Å². The molecule has 0 aromatic rings. The zero-order chi connectivity index (χ0) is 10.6. The van der Waals surface area contributed by atoms with Crippen LogP contribution < -0.4 is 5.14 Å². The first-order valence-corrected chi connectivity index (χ1v) is 6.60. The molecule has 0 aromatic carbocycles. The lowest BCUT2D eigenvalue weighted by Gasteiger charge is -2.32. The monoisotopic (exact) mass is 221 g/mol. The molecule has 1 heterocycles. The summed E-state index contributed by atoms with van der Waals surface area (Å²) < 4.78 is 21.4. The summed E-state index contributed by atoms with van der Waals surface area (Å²) in [6, 6.07) is 0. The van der Waals surface area contributed by atoms with Crippen molar-refractivity contribution in [3.05, 3.63) is 0 Å². The molecule has 0 spiro atoms. The first-order chi connectivity index (χ1) is 6.47. The van der Waals surface area contributed by atoms with Crippen molar-refractivity contribution in [1.29, 1.82) is 0 Å². The Morgan fingerprint density at radius 2 is 1.79 bits per heavy atom. The highest BCUT2D eigenvalue weighted by atomic mass is 32.2. The van der Waals surface area contributed by atoms with Gasteiger partial charge in [-0.05, 0) is 20.0 Å². The van der Waals surface area contributed by atoms with Gasteiger partial charge in [-0.2, -0.15) is 0 Å². The van der Waals surface area contributed by atoms with E-state index in [2.05, 4.69) is 16.8 Å². The number of sulfonamides is 1. The van der Waals surface area contributed by atoms with Gasteiger partial charge in [0.25, 0.3) is 0 Å². The maximum atomic E-state index is 10.7. The average Bonchev–Trinajstić information content (AvgIpc) is 2.06. The predicted molar refractivity (Wildman–Crippen MR) is 56.5 cm³/mol. The fourth-order valence-electron chi connectivity index (χ4n) is 1.56. The molecular formula is C8H19N3O2S. The zero-order valence-corrected chi connectivity index (χ0v) is 9.46. The standard InChI is InChI=1S/C8H19N3O2S/c1-10-4-6-11(7-5-10)3-2-8-14(9,12)13/h2-8H2,1H3,(H2,9,12,13). The van der Waals surface area contributed by atoms with E-state index in [1.165, 1.54) is 0 Å². The second kappa shape index (κ2) is 5.06. The van der Waals surface area contributed by atoms with Crippen LogP contribution in [0, 0.1) is 0 Å². The number of piperazine rings is 1. The molecule has 6 heteroatoms. The number of rotatable bonds is 4. The van der Waals surface area contributed by atoms with Crippen LogP contribution in [0.3, 0.4) is 0 Å². The maximum Gasteiger partial charge on any atom is 0.209 e. The topological polar surface area (TPSA) is 66.6 Å². The predicted octanol–water partition coefficient (Wildman–Crippen LogP) is -1.09. The van der Waals surface area contributed by atoms with Gasteiger partial charge in [-0.3, -0.25) is 0 Å². The van der Waals surface area contributed by atoms with Crippen LogP contribution in [0.5, 0.6) is 0 Å². The summed E-state index contributed by atoms with van der Waals surface area (Å²) in [5, 5.41) is 4.92. The van der Waals surface area contributed by atoms with Crippen molar-refractivity contribution in [2.75, 3.05) is 45.5 Å². The summed E-state index contributed by atoms with van der Waals surface area (Å²) in [6.07, 6.45) is 0.641. The molecule has 1 saturated heterocycles. The minimum Gasteiger partial charge on any atom is -0.304 e. The average molecular weight is 221 g/mol. The lowest BCUT2D eigenvalue weighted by molar-refractivity contribution is 0.154. The molecule has 0 bridgehead atoms. The van der Waals surface area contributed by atoms with Gasteiger partial charge in [-0.15, -0.1) is 0 Å². The molecule has 84 valence electrons. The lowest BCUT2D eigenvalue weighted by Crippen LogP contribution is -2.45. The van der Waals surface area contributed by atoms with Crippen LogP contribution in [-0.2, 0) is 10.0 Å². The molecule has 14 heavy (non-hydrogen) atoms. The number of likely N-dealkylation sites (N-methyl/N-ethyl adjacent to an activating group) is 1. The summed E-state index contributed by atoms with van der Waals surface area (Å²) in [5.74, 6) is 0.0966. The van der Waals surface area contributed by atoms with Gasteiger partial charge in [0.05, 0.1) is 5.75 Å². The number of primary sulfonamides is 1. The Hall–Kier alpha value is -0.170. The molecular weight excluding hydrogens is 202 g/mol. The molecule has 1 fully saturated rings. The Labute approximate surface area is 85.9 Å². The van der Waals surface area contributed by atoms with E-state index in [1.54, 1.807) is 0 Å². The lowest BCUT2D eigenvalue weighted by atomic mass is 10.3. The third-order valence-corrected chi connectivity index (χ3v) is 3.36. The number of nitrogens with zero attached hydrogens (tertiary/aromatic N) is 2. The second-order valence-electron chi connectivity index (χ2n) is 3.87. The number of hydrogen-bond acceptors (Lipinski definition) is 4. The summed E-state index contributed by atoms with van der Waals surface area (Å²) in [7, 11) is -1.17. The minimum atomic E-state index is -3.27. The Bertz CT molecular complexity index is 258. The molecule has 1 rings (SSSR count). The van der Waals surface area contributed by atoms with Crippen LogP contribution in [-0.4, -0.2) is 63.7 Å². The van der Waals surface area contributed by atoms with Crippen LogP contribution in [0.2, 0.25) is 0 Å². The van der Waals surface area contributed by atoms with Crippen LogP contribution in [0.1, 0.15) is 6.42 Å². The van der Waals surface area contributed by atoms with Crippen molar-refractivity contribution in [3.8, 4) is 0 Å². The number of nitrogens with two attached hydrogens (primary N) is 1. The van der Waals surface area contributed by atoms with Crippen molar-refractivity contribution in [3.63, 3.8) is 0 Å². The van der Waals surface area contributed by atoms with Crippen molar-refractivity contribution in [2.24, 2.45) is 5.14 Å². The van der Waals surface area contributed by atoms with Gasteiger partial charge in [0.2, 0.25) is 10.0 Å². The molecule has 0 aromatic heterocycles. The van der Waals surface area contributed by atoms with E-state index in [0.29, 0.717) is 6.42 Å². The van der Waals surface area contributed by atoms with Gasteiger partial charge >= 0.3 is 0 Å². The van der Waals surface area contributed by atoms with Gasteiger partial charge in [-0.25, -0.2) is 13.6 Å². The van der Waals surface area contributed by atoms with E-state index in [9.17, 15) is 8.42 Å². The van der Waals surface area contributed by atoms with E-state index in [1.807, 2.05) is 0 Å². The summed E-state index contributed by atoms with van der Waals surface area (Å²) >= 11 is 0. The van der Waals surface area contributed by atoms with Crippen LogP contribution in [0.4, 0.5) is 0 Å². The van der Waals surface area contributed by atoms with Gasteiger partial charge in [0.15, 0.2) is 0 Å². The highest BCUT2D eigenvalue weighted by molar-refractivity contribution is 7.89. The first kappa shape index (κ1) is 11.9. The molecule has 0 radical (unpaired) electrons. The summed E-state index contributed by atoms with van der Waals surface area (Å²) in [6.45, 7) is 5.03. The fraction of sp³-hybridized carbons (Fsp3) is 1.00. The van der Waals surface area contributed by atoms with Gasteiger partial charge in [0.1, 0.15) is 0 Å². The Morgan fingerprint density at radius 1 is 1.21 bits per heavy atom. The smallest absolute Gasteiger partial charge is 0.209 e. The molecule has 0 atom stereocenters. The number of hydrogen-bond donors (Lipinski definition) is 1. The Morgan fingerprint density at radius 3 is 2.29 bits per heavy atom. The largest absolute Gasteiger partial charge is 0.304 e. The molecule has 0 amide bonds. The van der Waals surface area contributed by atoms with E-state index >= 15 is 0 Å². The molecule has 0 aliphatic carbocycles. The van der Waals surface area contributed by atoms with E-state index in [0.717, 1.165) is 32.7 Å².